The fourth-order valence-electron chi connectivity index (χ4n) is 2.68. The number of rotatable bonds is 4. The van der Waals surface area contributed by atoms with Crippen molar-refractivity contribution in [3.63, 3.8) is 0 Å². The zero-order chi connectivity index (χ0) is 14.1. The molecule has 0 aromatic heterocycles. The van der Waals surface area contributed by atoms with Crippen molar-refractivity contribution in [1.29, 1.82) is 0 Å². The van der Waals surface area contributed by atoms with Crippen molar-refractivity contribution in [2.45, 2.75) is 19.9 Å². The summed E-state index contributed by atoms with van der Waals surface area (Å²) in [7, 11) is 1.67. The first-order valence-electron chi connectivity index (χ1n) is 7.03. The lowest BCUT2D eigenvalue weighted by molar-refractivity contribution is -0.122. The molecule has 104 valence electrons. The molecule has 3 nitrogen and oxygen atoms in total. The van der Waals surface area contributed by atoms with E-state index in [2.05, 4.69) is 24.4 Å². The van der Waals surface area contributed by atoms with Gasteiger partial charge < -0.3 is 10.1 Å². The Morgan fingerprint density at radius 1 is 1.30 bits per heavy atom. The fourth-order valence-corrected chi connectivity index (χ4v) is 2.68. The highest BCUT2D eigenvalue weighted by Crippen LogP contribution is 2.38. The summed E-state index contributed by atoms with van der Waals surface area (Å²) in [6.45, 7) is 2.63. The van der Waals surface area contributed by atoms with Gasteiger partial charge in [0, 0.05) is 18.0 Å². The number of carbonyl (C=O) groups excluding carboxylic acids is 1. The van der Waals surface area contributed by atoms with Gasteiger partial charge in [0.05, 0.1) is 7.11 Å². The Bertz CT molecular complexity index is 650. The summed E-state index contributed by atoms with van der Waals surface area (Å²) in [4.78, 5) is 12.0. The molecule has 1 amide bonds. The summed E-state index contributed by atoms with van der Waals surface area (Å²) in [5.41, 5.74) is 1.05. The molecule has 1 N–H and O–H groups in total. The Kier molecular flexibility index (Phi) is 3.35. The third-order valence-electron chi connectivity index (χ3n) is 4.10. The van der Waals surface area contributed by atoms with Crippen molar-refractivity contribution < 1.29 is 9.53 Å². The van der Waals surface area contributed by atoms with E-state index in [0.29, 0.717) is 12.5 Å². The number of fused-ring (bicyclic) bond motifs is 1. The van der Waals surface area contributed by atoms with Crippen LogP contribution in [0.4, 0.5) is 0 Å². The van der Waals surface area contributed by atoms with E-state index in [1.807, 2.05) is 24.3 Å². The number of hydrogen-bond donors (Lipinski definition) is 1. The van der Waals surface area contributed by atoms with Crippen LogP contribution in [0, 0.1) is 11.8 Å². The lowest BCUT2D eigenvalue weighted by atomic mass is 10.0. The van der Waals surface area contributed by atoms with Crippen LogP contribution >= 0.6 is 0 Å². The van der Waals surface area contributed by atoms with Gasteiger partial charge in [0.25, 0.3) is 0 Å². The molecule has 2 atom stereocenters. The molecule has 0 unspecified atom stereocenters. The molecule has 2 aromatic rings. The number of amides is 1. The smallest absolute Gasteiger partial charge is 0.223 e. The highest BCUT2D eigenvalue weighted by atomic mass is 16.5. The Balaban J connectivity index is 1.86. The Hall–Kier alpha value is -2.03. The Morgan fingerprint density at radius 2 is 2.05 bits per heavy atom. The standard InChI is InChI=1S/C17H19NO2/c1-11-9-14(11)17(19)18-10-15-13-6-4-3-5-12(13)7-8-16(15)20-2/h3-8,11,14H,9-10H2,1-2H3,(H,18,19)/t11-,14-/m1/s1. The van der Waals surface area contributed by atoms with Gasteiger partial charge in [-0.2, -0.15) is 0 Å². The lowest BCUT2D eigenvalue weighted by Crippen LogP contribution is -2.25. The van der Waals surface area contributed by atoms with Crippen LogP contribution in [0.3, 0.4) is 0 Å². The van der Waals surface area contributed by atoms with Gasteiger partial charge in [0.1, 0.15) is 5.75 Å². The summed E-state index contributed by atoms with van der Waals surface area (Å²) in [5.74, 6) is 1.72. The number of carbonyl (C=O) groups is 1. The molecular weight excluding hydrogens is 250 g/mol. The predicted octanol–water partition coefficient (Wildman–Crippen LogP) is 3.12. The number of methoxy groups -OCH3 is 1. The zero-order valence-corrected chi connectivity index (χ0v) is 11.8. The van der Waals surface area contributed by atoms with Crippen LogP contribution in [0.25, 0.3) is 10.8 Å². The van der Waals surface area contributed by atoms with Crippen molar-refractivity contribution in [2.75, 3.05) is 7.11 Å². The van der Waals surface area contributed by atoms with E-state index >= 15 is 0 Å². The molecule has 3 rings (SSSR count). The van der Waals surface area contributed by atoms with Gasteiger partial charge >= 0.3 is 0 Å². The highest BCUT2D eigenvalue weighted by molar-refractivity contribution is 5.88. The fraction of sp³-hybridized carbons (Fsp3) is 0.353. The molecule has 1 aliphatic rings. The first-order valence-corrected chi connectivity index (χ1v) is 7.03. The van der Waals surface area contributed by atoms with Gasteiger partial charge in [-0.15, -0.1) is 0 Å². The number of ether oxygens (including phenoxy) is 1. The SMILES string of the molecule is COc1ccc2ccccc2c1CNC(=O)[C@@H]1C[C@H]1C. The van der Waals surface area contributed by atoms with Crippen LogP contribution < -0.4 is 10.1 Å². The number of benzene rings is 2. The molecule has 0 aliphatic heterocycles. The van der Waals surface area contributed by atoms with Crippen molar-refractivity contribution >= 4 is 16.7 Å². The second-order valence-electron chi connectivity index (χ2n) is 5.50. The van der Waals surface area contributed by atoms with E-state index in [0.717, 1.165) is 28.5 Å². The van der Waals surface area contributed by atoms with Crippen LogP contribution in [-0.4, -0.2) is 13.0 Å². The second-order valence-corrected chi connectivity index (χ2v) is 5.50. The molecule has 0 saturated heterocycles. The maximum absolute atomic E-state index is 12.0. The normalized spacial score (nSPS) is 20.7. The minimum Gasteiger partial charge on any atom is -0.496 e. The topological polar surface area (TPSA) is 38.3 Å². The monoisotopic (exact) mass is 269 g/mol. The molecule has 3 heteroatoms. The molecule has 0 heterocycles. The summed E-state index contributed by atoms with van der Waals surface area (Å²) >= 11 is 0. The number of nitrogens with one attached hydrogen (secondary N) is 1. The molecule has 0 spiro atoms. The van der Waals surface area contributed by atoms with Crippen molar-refractivity contribution in [3.05, 3.63) is 42.0 Å². The first-order chi connectivity index (χ1) is 9.70. The Labute approximate surface area is 118 Å². The Morgan fingerprint density at radius 3 is 2.75 bits per heavy atom. The van der Waals surface area contributed by atoms with Crippen LogP contribution in [0.5, 0.6) is 5.75 Å². The molecule has 1 fully saturated rings. The van der Waals surface area contributed by atoms with Gasteiger partial charge in [-0.1, -0.05) is 37.3 Å². The van der Waals surface area contributed by atoms with Crippen LogP contribution in [0.2, 0.25) is 0 Å². The minimum atomic E-state index is 0.160. The third kappa shape index (κ3) is 2.36. The van der Waals surface area contributed by atoms with Crippen molar-refractivity contribution in [1.82, 2.24) is 5.32 Å². The van der Waals surface area contributed by atoms with Gasteiger partial charge in [-0.3, -0.25) is 4.79 Å². The summed E-state index contributed by atoms with van der Waals surface area (Å²) in [6, 6.07) is 12.2. The van der Waals surface area contributed by atoms with Crippen LogP contribution in [0.1, 0.15) is 18.9 Å². The van der Waals surface area contributed by atoms with E-state index in [4.69, 9.17) is 4.74 Å². The number of hydrogen-bond acceptors (Lipinski definition) is 2. The van der Waals surface area contributed by atoms with Crippen LogP contribution in [0.15, 0.2) is 36.4 Å². The molecule has 0 bridgehead atoms. The van der Waals surface area contributed by atoms with E-state index < -0.39 is 0 Å². The van der Waals surface area contributed by atoms with Gasteiger partial charge in [-0.05, 0) is 29.2 Å². The van der Waals surface area contributed by atoms with E-state index in [-0.39, 0.29) is 11.8 Å². The van der Waals surface area contributed by atoms with Crippen LogP contribution in [-0.2, 0) is 11.3 Å². The largest absolute Gasteiger partial charge is 0.496 e. The second kappa shape index (κ2) is 5.16. The zero-order valence-electron chi connectivity index (χ0n) is 11.8. The maximum atomic E-state index is 12.0. The predicted molar refractivity (Wildman–Crippen MR) is 79.6 cm³/mol. The molecule has 1 saturated carbocycles. The van der Waals surface area contributed by atoms with Gasteiger partial charge in [0.15, 0.2) is 0 Å². The van der Waals surface area contributed by atoms with Crippen molar-refractivity contribution in [3.8, 4) is 5.75 Å². The van der Waals surface area contributed by atoms with E-state index in [9.17, 15) is 4.79 Å². The van der Waals surface area contributed by atoms with Gasteiger partial charge in [-0.25, -0.2) is 0 Å². The summed E-state index contributed by atoms with van der Waals surface area (Å²) in [6.07, 6.45) is 1.01. The highest BCUT2D eigenvalue weighted by Gasteiger charge is 2.38. The molecular formula is C17H19NO2. The average molecular weight is 269 g/mol. The summed E-state index contributed by atoms with van der Waals surface area (Å²) < 4.78 is 5.43. The molecule has 2 aromatic carbocycles. The molecule has 0 radical (unpaired) electrons. The average Bonchev–Trinajstić information content (AvgIpc) is 3.21. The lowest BCUT2D eigenvalue weighted by Gasteiger charge is -2.13. The maximum Gasteiger partial charge on any atom is 0.223 e. The molecule has 20 heavy (non-hydrogen) atoms. The van der Waals surface area contributed by atoms with E-state index in [1.54, 1.807) is 7.11 Å². The summed E-state index contributed by atoms with van der Waals surface area (Å²) in [5, 5.41) is 5.34. The first kappa shape index (κ1) is 13.0. The molecule has 1 aliphatic carbocycles. The quantitative estimate of drug-likeness (QED) is 0.926. The van der Waals surface area contributed by atoms with E-state index in [1.165, 1.54) is 0 Å². The minimum absolute atomic E-state index is 0.160. The third-order valence-corrected chi connectivity index (χ3v) is 4.10. The van der Waals surface area contributed by atoms with Gasteiger partial charge in [0.2, 0.25) is 5.91 Å². The van der Waals surface area contributed by atoms with Crippen molar-refractivity contribution in [2.24, 2.45) is 11.8 Å².